The van der Waals surface area contributed by atoms with Crippen LogP contribution >= 0.6 is 0 Å². The Balaban J connectivity index is 1.38. The molecule has 0 fully saturated rings. The first-order valence-corrected chi connectivity index (χ1v) is 14.4. The molecule has 4 rings (SSSR count). The zero-order valence-corrected chi connectivity index (χ0v) is 25.4. The van der Waals surface area contributed by atoms with Crippen molar-refractivity contribution in [3.8, 4) is 5.75 Å². The van der Waals surface area contributed by atoms with E-state index < -0.39 is 12.0 Å². The first-order chi connectivity index (χ1) is 21.6. The molecular weight excluding hydrogens is 572 g/mol. The van der Waals surface area contributed by atoms with Crippen molar-refractivity contribution >= 4 is 40.9 Å². The maximum absolute atomic E-state index is 12.9. The molecule has 0 aliphatic heterocycles. The third-order valence-electron chi connectivity index (χ3n) is 7.24. The number of nitrogens with one attached hydrogen (secondary N) is 3. The molecule has 0 heterocycles. The van der Waals surface area contributed by atoms with E-state index >= 15 is 0 Å². The topological polar surface area (TPSA) is 137 Å². The predicted octanol–water partition coefficient (Wildman–Crippen LogP) is 6.19. The number of benzene rings is 4. The summed E-state index contributed by atoms with van der Waals surface area (Å²) in [6.07, 6.45) is 0.150. The second-order valence-corrected chi connectivity index (χ2v) is 10.5. The van der Waals surface area contributed by atoms with E-state index in [1.54, 1.807) is 73.8 Å². The predicted molar refractivity (Wildman–Crippen MR) is 174 cm³/mol. The normalized spacial score (nSPS) is 11.2. The standard InChI is InChI=1S/C35H36N4O6/c1-23-9-7-8-12-30(23)39(2)35(44)38-29-18-13-24(21-31(29)45-3)22-32(40)36-27-16-14-25(15-17-27)28(19-20-33(41)42)37-34(43)26-10-5-4-6-11-26/h4-18,21,28H,19-20,22H2,1-3H3,(H,36,40)(H,37,43)(H,38,44)(H,41,42). The zero-order chi connectivity index (χ0) is 32.3. The molecule has 0 saturated heterocycles. The summed E-state index contributed by atoms with van der Waals surface area (Å²) in [5, 5.41) is 17.8. The molecule has 0 radical (unpaired) electrons. The van der Waals surface area contributed by atoms with E-state index in [1.165, 1.54) is 12.0 Å². The van der Waals surface area contributed by atoms with Crippen molar-refractivity contribution in [1.82, 2.24) is 5.32 Å². The third kappa shape index (κ3) is 8.93. The summed E-state index contributed by atoms with van der Waals surface area (Å²) < 4.78 is 5.49. The number of anilines is 3. The number of urea groups is 1. The number of rotatable bonds is 12. The Labute approximate surface area is 262 Å². The third-order valence-corrected chi connectivity index (χ3v) is 7.24. The number of nitrogens with zero attached hydrogens (tertiary/aromatic N) is 1. The number of carbonyl (C=O) groups is 4. The van der Waals surface area contributed by atoms with Crippen LogP contribution in [-0.2, 0) is 16.0 Å². The van der Waals surface area contributed by atoms with Gasteiger partial charge in [-0.15, -0.1) is 0 Å². The zero-order valence-electron chi connectivity index (χ0n) is 25.4. The molecule has 0 bridgehead atoms. The lowest BCUT2D eigenvalue weighted by Gasteiger charge is -2.21. The van der Waals surface area contributed by atoms with Crippen molar-refractivity contribution in [2.45, 2.75) is 32.2 Å². The number of ether oxygens (including phenoxy) is 1. The molecular formula is C35H36N4O6. The summed E-state index contributed by atoms with van der Waals surface area (Å²) in [4.78, 5) is 51.2. The maximum atomic E-state index is 12.9. The van der Waals surface area contributed by atoms with Crippen LogP contribution in [0.1, 0.15) is 45.9 Å². The number of hydrogen-bond acceptors (Lipinski definition) is 5. The maximum Gasteiger partial charge on any atom is 0.326 e. The molecule has 10 nitrogen and oxygen atoms in total. The van der Waals surface area contributed by atoms with Gasteiger partial charge >= 0.3 is 12.0 Å². The molecule has 45 heavy (non-hydrogen) atoms. The van der Waals surface area contributed by atoms with Crippen LogP contribution in [-0.4, -0.2) is 43.1 Å². The van der Waals surface area contributed by atoms with Crippen molar-refractivity contribution in [3.05, 3.63) is 119 Å². The van der Waals surface area contributed by atoms with E-state index in [2.05, 4.69) is 16.0 Å². The Hall–Kier alpha value is -5.64. The van der Waals surface area contributed by atoms with Gasteiger partial charge in [0.2, 0.25) is 5.91 Å². The van der Waals surface area contributed by atoms with Gasteiger partial charge in [0.15, 0.2) is 0 Å². The Bertz CT molecular complexity index is 1660. The van der Waals surface area contributed by atoms with Crippen molar-refractivity contribution in [2.24, 2.45) is 0 Å². The van der Waals surface area contributed by atoms with Gasteiger partial charge in [-0.25, -0.2) is 4.79 Å². The Kier molecular flexibility index (Phi) is 10.9. The van der Waals surface area contributed by atoms with Gasteiger partial charge in [-0.1, -0.05) is 54.6 Å². The molecule has 0 spiro atoms. The molecule has 4 aromatic carbocycles. The monoisotopic (exact) mass is 608 g/mol. The van der Waals surface area contributed by atoms with E-state index in [0.717, 1.165) is 11.3 Å². The number of methoxy groups -OCH3 is 1. The average Bonchev–Trinajstić information content (AvgIpc) is 3.04. The molecule has 232 valence electrons. The molecule has 0 saturated carbocycles. The van der Waals surface area contributed by atoms with Crippen molar-refractivity contribution in [3.63, 3.8) is 0 Å². The molecule has 4 amide bonds. The lowest BCUT2D eigenvalue weighted by molar-refractivity contribution is -0.137. The SMILES string of the molecule is COc1cc(CC(=O)Nc2ccc(C(CCC(=O)O)NC(=O)c3ccccc3)cc2)ccc1NC(=O)N(C)c1ccccc1C. The number of carboxylic acid groups (broad SMARTS) is 1. The molecule has 0 aliphatic carbocycles. The summed E-state index contributed by atoms with van der Waals surface area (Å²) >= 11 is 0. The summed E-state index contributed by atoms with van der Waals surface area (Å²) in [6.45, 7) is 1.93. The molecule has 1 atom stereocenters. The van der Waals surface area contributed by atoms with Gasteiger partial charge in [0.05, 0.1) is 25.3 Å². The van der Waals surface area contributed by atoms with Crippen molar-refractivity contribution in [2.75, 3.05) is 29.7 Å². The van der Waals surface area contributed by atoms with Crippen LogP contribution in [0.25, 0.3) is 0 Å². The van der Waals surface area contributed by atoms with Gasteiger partial charge in [-0.2, -0.15) is 0 Å². The molecule has 0 aliphatic rings. The molecule has 4 N–H and O–H groups in total. The number of aliphatic carboxylic acids is 1. The van der Waals surface area contributed by atoms with Crippen LogP contribution in [0.5, 0.6) is 5.75 Å². The first kappa shape index (κ1) is 32.3. The van der Waals surface area contributed by atoms with Crippen LogP contribution in [0.4, 0.5) is 21.9 Å². The average molecular weight is 609 g/mol. The minimum absolute atomic E-state index is 0.0593. The second kappa shape index (κ2) is 15.2. The quantitative estimate of drug-likeness (QED) is 0.151. The van der Waals surface area contributed by atoms with Gasteiger partial charge in [0.1, 0.15) is 5.75 Å². The van der Waals surface area contributed by atoms with Gasteiger partial charge < -0.3 is 25.8 Å². The van der Waals surface area contributed by atoms with E-state index in [0.29, 0.717) is 33.8 Å². The summed E-state index contributed by atoms with van der Waals surface area (Å²) in [6, 6.07) is 27.5. The highest BCUT2D eigenvalue weighted by Crippen LogP contribution is 2.28. The molecule has 0 aromatic heterocycles. The number of carbonyl (C=O) groups excluding carboxylic acids is 3. The molecule has 1 unspecified atom stereocenters. The van der Waals surface area contributed by atoms with Crippen molar-refractivity contribution in [1.29, 1.82) is 0 Å². The van der Waals surface area contributed by atoms with Crippen LogP contribution in [0, 0.1) is 6.92 Å². The lowest BCUT2D eigenvalue weighted by atomic mass is 10.0. The van der Waals surface area contributed by atoms with Crippen LogP contribution in [0.3, 0.4) is 0 Å². The van der Waals surface area contributed by atoms with E-state index in [4.69, 9.17) is 4.74 Å². The number of carboxylic acids is 1. The lowest BCUT2D eigenvalue weighted by Crippen LogP contribution is -2.31. The van der Waals surface area contributed by atoms with E-state index in [9.17, 15) is 24.3 Å². The number of aryl methyl sites for hydroxylation is 1. The molecule has 4 aromatic rings. The van der Waals surface area contributed by atoms with Gasteiger partial charge in [0, 0.05) is 30.4 Å². The van der Waals surface area contributed by atoms with Crippen LogP contribution in [0.15, 0.2) is 97.1 Å². The number of hydrogen-bond donors (Lipinski definition) is 4. The van der Waals surface area contributed by atoms with E-state index in [-0.39, 0.29) is 37.1 Å². The smallest absolute Gasteiger partial charge is 0.326 e. The summed E-state index contributed by atoms with van der Waals surface area (Å²) in [5.74, 6) is -1.11. The molecule has 10 heteroatoms. The van der Waals surface area contributed by atoms with Gasteiger partial charge in [-0.3, -0.25) is 19.3 Å². The summed E-state index contributed by atoms with van der Waals surface area (Å²) in [7, 11) is 3.18. The fraction of sp³-hybridized carbons (Fsp3) is 0.200. The van der Waals surface area contributed by atoms with Crippen LogP contribution in [0.2, 0.25) is 0 Å². The van der Waals surface area contributed by atoms with Crippen LogP contribution < -0.4 is 25.6 Å². The highest BCUT2D eigenvalue weighted by atomic mass is 16.5. The Morgan fingerprint density at radius 3 is 2.22 bits per heavy atom. The highest BCUT2D eigenvalue weighted by molar-refractivity contribution is 6.02. The highest BCUT2D eigenvalue weighted by Gasteiger charge is 2.18. The first-order valence-electron chi connectivity index (χ1n) is 14.4. The largest absolute Gasteiger partial charge is 0.495 e. The Morgan fingerprint density at radius 2 is 1.56 bits per heavy atom. The van der Waals surface area contributed by atoms with Gasteiger partial charge in [-0.05, 0) is 72.5 Å². The second-order valence-electron chi connectivity index (χ2n) is 10.5. The fourth-order valence-corrected chi connectivity index (χ4v) is 4.81. The number of amides is 4. The number of para-hydroxylation sites is 1. The minimum atomic E-state index is -0.959. The Morgan fingerprint density at radius 1 is 0.867 bits per heavy atom. The fourth-order valence-electron chi connectivity index (χ4n) is 4.81. The van der Waals surface area contributed by atoms with E-state index in [1.807, 2.05) is 37.3 Å². The van der Waals surface area contributed by atoms with Gasteiger partial charge in [0.25, 0.3) is 5.91 Å². The van der Waals surface area contributed by atoms with Crippen molar-refractivity contribution < 1.29 is 29.0 Å². The minimum Gasteiger partial charge on any atom is -0.495 e. The summed E-state index contributed by atoms with van der Waals surface area (Å²) in [5.41, 5.74) is 4.64.